The van der Waals surface area contributed by atoms with E-state index < -0.39 is 23.8 Å². The lowest BCUT2D eigenvalue weighted by molar-refractivity contribution is -0.137. The van der Waals surface area contributed by atoms with Crippen LogP contribution in [-0.4, -0.2) is 36.3 Å². The number of hydrogen-bond donors (Lipinski definition) is 1. The number of anilines is 2. The number of nitrogens with zero attached hydrogens (tertiary/aromatic N) is 5. The van der Waals surface area contributed by atoms with Gasteiger partial charge in [-0.15, -0.1) is 0 Å². The number of aromatic nitrogens is 4. The number of imidazole rings is 1. The van der Waals surface area contributed by atoms with Gasteiger partial charge in [0.1, 0.15) is 6.54 Å². The first-order chi connectivity index (χ1) is 12.9. The fourth-order valence-electron chi connectivity index (χ4n) is 3.61. The Bertz CT molecular complexity index is 1160. The standard InChI is InChI=1S/C18H19N5O4/c1-11-8-21(12-6-4-3-5-7-12)17-19-15-14(22(17)9-11)16(26)23(10-13(24)25)18(27)20(15)2/h3-7,11H,8-10H2,1-2H3,(H,24,25)/t11-/m1/s1. The Morgan fingerprint density at radius 2 is 1.93 bits per heavy atom. The molecule has 3 aromatic rings. The normalized spacial score (nSPS) is 16.5. The Balaban J connectivity index is 2.03. The highest BCUT2D eigenvalue weighted by Crippen LogP contribution is 2.32. The number of carbonyl (C=O) groups is 1. The molecule has 0 spiro atoms. The molecule has 0 fully saturated rings. The van der Waals surface area contributed by atoms with Crippen LogP contribution in [0.25, 0.3) is 11.2 Å². The van der Waals surface area contributed by atoms with Crippen molar-refractivity contribution in [3.05, 3.63) is 51.2 Å². The van der Waals surface area contributed by atoms with Gasteiger partial charge in [-0.05, 0) is 18.1 Å². The number of hydrogen-bond acceptors (Lipinski definition) is 5. The molecule has 0 amide bonds. The molecule has 9 nitrogen and oxygen atoms in total. The smallest absolute Gasteiger partial charge is 0.333 e. The Morgan fingerprint density at radius 3 is 2.59 bits per heavy atom. The Labute approximate surface area is 153 Å². The van der Waals surface area contributed by atoms with E-state index in [4.69, 9.17) is 5.11 Å². The number of benzene rings is 1. The van der Waals surface area contributed by atoms with Crippen molar-refractivity contribution in [1.29, 1.82) is 0 Å². The number of carboxylic acids is 1. The summed E-state index contributed by atoms with van der Waals surface area (Å²) >= 11 is 0. The van der Waals surface area contributed by atoms with Crippen LogP contribution in [-0.2, 0) is 24.9 Å². The van der Waals surface area contributed by atoms with Gasteiger partial charge in [0.25, 0.3) is 5.56 Å². The molecule has 27 heavy (non-hydrogen) atoms. The highest BCUT2D eigenvalue weighted by Gasteiger charge is 2.29. The maximum absolute atomic E-state index is 12.9. The lowest BCUT2D eigenvalue weighted by Gasteiger charge is -2.32. The van der Waals surface area contributed by atoms with Crippen LogP contribution in [0.15, 0.2) is 39.9 Å². The van der Waals surface area contributed by atoms with Gasteiger partial charge in [-0.1, -0.05) is 25.1 Å². The van der Waals surface area contributed by atoms with Gasteiger partial charge >= 0.3 is 11.7 Å². The van der Waals surface area contributed by atoms with Gasteiger partial charge in [0.2, 0.25) is 5.95 Å². The van der Waals surface area contributed by atoms with Crippen LogP contribution in [0.3, 0.4) is 0 Å². The summed E-state index contributed by atoms with van der Waals surface area (Å²) in [6.07, 6.45) is 0. The molecule has 0 unspecified atom stereocenters. The minimum atomic E-state index is -1.24. The molecule has 0 saturated carbocycles. The molecule has 0 radical (unpaired) electrons. The molecule has 0 bridgehead atoms. The molecule has 140 valence electrons. The highest BCUT2D eigenvalue weighted by molar-refractivity contribution is 5.77. The van der Waals surface area contributed by atoms with E-state index in [1.165, 1.54) is 11.6 Å². The van der Waals surface area contributed by atoms with Crippen molar-refractivity contribution in [3.8, 4) is 0 Å². The maximum atomic E-state index is 12.9. The first-order valence-corrected chi connectivity index (χ1v) is 8.63. The van der Waals surface area contributed by atoms with Crippen molar-refractivity contribution in [3.63, 3.8) is 0 Å². The van der Waals surface area contributed by atoms with Crippen LogP contribution < -0.4 is 16.1 Å². The van der Waals surface area contributed by atoms with E-state index in [0.717, 1.165) is 16.8 Å². The van der Waals surface area contributed by atoms with Crippen molar-refractivity contribution in [2.45, 2.75) is 20.0 Å². The lowest BCUT2D eigenvalue weighted by atomic mass is 10.1. The molecule has 9 heteroatoms. The van der Waals surface area contributed by atoms with Crippen molar-refractivity contribution in [2.24, 2.45) is 13.0 Å². The minimum absolute atomic E-state index is 0.236. The molecule has 1 aromatic carbocycles. The number of fused-ring (bicyclic) bond motifs is 3. The van der Waals surface area contributed by atoms with Crippen molar-refractivity contribution < 1.29 is 9.90 Å². The van der Waals surface area contributed by atoms with Gasteiger partial charge in [-0.3, -0.25) is 14.2 Å². The van der Waals surface area contributed by atoms with Crippen molar-refractivity contribution in [2.75, 3.05) is 11.4 Å². The number of aryl methyl sites for hydroxylation is 1. The van der Waals surface area contributed by atoms with Gasteiger partial charge < -0.3 is 14.6 Å². The van der Waals surface area contributed by atoms with Crippen LogP contribution in [0, 0.1) is 5.92 Å². The molecular weight excluding hydrogens is 350 g/mol. The van der Waals surface area contributed by atoms with Crippen molar-refractivity contribution in [1.82, 2.24) is 18.7 Å². The molecule has 1 N–H and O–H groups in total. The second kappa shape index (κ2) is 6.11. The predicted molar refractivity (Wildman–Crippen MR) is 99.5 cm³/mol. The average Bonchev–Trinajstić information content (AvgIpc) is 3.03. The number of aliphatic carboxylic acids is 1. The topological polar surface area (TPSA) is 102 Å². The van der Waals surface area contributed by atoms with Crippen LogP contribution in [0.4, 0.5) is 11.6 Å². The molecular formula is C18H19N5O4. The Hall–Kier alpha value is -3.36. The highest BCUT2D eigenvalue weighted by atomic mass is 16.4. The fraction of sp³-hybridized carbons (Fsp3) is 0.333. The Kier molecular flexibility index (Phi) is 3.87. The van der Waals surface area contributed by atoms with E-state index in [1.807, 2.05) is 35.2 Å². The minimum Gasteiger partial charge on any atom is -0.480 e. The molecule has 0 saturated heterocycles. The number of carboxylic acid groups (broad SMARTS) is 1. The largest absolute Gasteiger partial charge is 0.480 e. The van der Waals surface area contributed by atoms with Crippen LogP contribution in [0.5, 0.6) is 0 Å². The SMILES string of the molecule is C[C@@H]1CN(c2ccccc2)c2nc3c(c(=O)n(CC(=O)O)c(=O)n3C)n2C1. The molecule has 1 aliphatic rings. The van der Waals surface area contributed by atoms with Gasteiger partial charge in [-0.2, -0.15) is 4.98 Å². The zero-order valence-electron chi connectivity index (χ0n) is 15.0. The third-order valence-electron chi connectivity index (χ3n) is 4.80. The Morgan fingerprint density at radius 1 is 1.22 bits per heavy atom. The molecule has 0 aliphatic carbocycles. The van der Waals surface area contributed by atoms with Crippen molar-refractivity contribution >= 4 is 28.8 Å². The summed E-state index contributed by atoms with van der Waals surface area (Å²) < 4.78 is 3.77. The van der Waals surface area contributed by atoms with E-state index >= 15 is 0 Å². The van der Waals surface area contributed by atoms with Gasteiger partial charge in [0, 0.05) is 25.8 Å². The molecule has 2 aromatic heterocycles. The van der Waals surface area contributed by atoms with E-state index in [-0.39, 0.29) is 17.1 Å². The fourth-order valence-corrected chi connectivity index (χ4v) is 3.61. The summed E-state index contributed by atoms with van der Waals surface area (Å²) in [6.45, 7) is 2.68. The number of para-hydroxylation sites is 1. The maximum Gasteiger partial charge on any atom is 0.333 e. The summed E-state index contributed by atoms with van der Waals surface area (Å²) in [5.41, 5.74) is 0.134. The third-order valence-corrected chi connectivity index (χ3v) is 4.80. The summed E-state index contributed by atoms with van der Waals surface area (Å²) in [7, 11) is 1.50. The monoisotopic (exact) mass is 369 g/mol. The lowest BCUT2D eigenvalue weighted by Crippen LogP contribution is -2.41. The predicted octanol–water partition coefficient (Wildman–Crippen LogP) is 0.769. The summed E-state index contributed by atoms with van der Waals surface area (Å²) in [6, 6.07) is 9.70. The van der Waals surface area contributed by atoms with Crippen LogP contribution in [0.1, 0.15) is 6.92 Å². The van der Waals surface area contributed by atoms with Gasteiger partial charge in [0.15, 0.2) is 11.2 Å². The summed E-state index contributed by atoms with van der Waals surface area (Å²) in [5, 5.41) is 9.06. The first kappa shape index (κ1) is 17.1. The average molecular weight is 369 g/mol. The van der Waals surface area contributed by atoms with Crippen LogP contribution >= 0.6 is 0 Å². The quantitative estimate of drug-likeness (QED) is 0.732. The molecule has 3 heterocycles. The van der Waals surface area contributed by atoms with Crippen LogP contribution in [0.2, 0.25) is 0 Å². The van der Waals surface area contributed by atoms with Gasteiger partial charge in [-0.25, -0.2) is 9.36 Å². The van der Waals surface area contributed by atoms with E-state index in [1.54, 1.807) is 4.57 Å². The molecule has 1 atom stereocenters. The second-order valence-corrected chi connectivity index (χ2v) is 6.87. The number of rotatable bonds is 3. The molecule has 1 aliphatic heterocycles. The second-order valence-electron chi connectivity index (χ2n) is 6.87. The zero-order valence-corrected chi connectivity index (χ0v) is 15.0. The van der Waals surface area contributed by atoms with E-state index in [2.05, 4.69) is 11.9 Å². The summed E-state index contributed by atoms with van der Waals surface area (Å²) in [4.78, 5) is 43.1. The van der Waals surface area contributed by atoms with E-state index in [0.29, 0.717) is 12.5 Å². The third kappa shape index (κ3) is 2.62. The summed E-state index contributed by atoms with van der Waals surface area (Å²) in [5.74, 6) is -0.430. The first-order valence-electron chi connectivity index (χ1n) is 8.63. The molecule has 4 rings (SSSR count). The van der Waals surface area contributed by atoms with Gasteiger partial charge in [0.05, 0.1) is 0 Å². The van der Waals surface area contributed by atoms with E-state index in [9.17, 15) is 14.4 Å². The zero-order chi connectivity index (χ0) is 19.3.